The summed E-state index contributed by atoms with van der Waals surface area (Å²) < 4.78 is 0. The fourth-order valence-corrected chi connectivity index (χ4v) is 2.69. The van der Waals surface area contributed by atoms with Crippen LogP contribution in [0, 0.1) is 5.92 Å². The van der Waals surface area contributed by atoms with Crippen molar-refractivity contribution >= 4 is 6.41 Å². The van der Waals surface area contributed by atoms with Gasteiger partial charge in [-0.2, -0.15) is 0 Å². The van der Waals surface area contributed by atoms with Gasteiger partial charge < -0.3 is 10.4 Å². The summed E-state index contributed by atoms with van der Waals surface area (Å²) in [5, 5.41) is 13.3. The molecule has 2 N–H and O–H groups in total. The molecule has 1 heterocycles. The van der Waals surface area contributed by atoms with E-state index in [2.05, 4.69) is 22.3 Å². The van der Waals surface area contributed by atoms with E-state index in [0.29, 0.717) is 19.5 Å². The second kappa shape index (κ2) is 6.17. The Bertz CT molecular complexity index is 410. The van der Waals surface area contributed by atoms with Crippen molar-refractivity contribution < 1.29 is 9.90 Å². The topological polar surface area (TPSA) is 52.6 Å². The maximum absolute atomic E-state index is 10.7. The normalized spacial score (nSPS) is 28.0. The molecule has 0 saturated carbocycles. The second-order valence-electron chi connectivity index (χ2n) is 5.49. The third-order valence-electron chi connectivity index (χ3n) is 4.03. The average molecular weight is 262 g/mol. The van der Waals surface area contributed by atoms with Crippen LogP contribution in [0.5, 0.6) is 0 Å². The summed E-state index contributed by atoms with van der Waals surface area (Å²) >= 11 is 0. The lowest BCUT2D eigenvalue weighted by Crippen LogP contribution is -2.57. The standard InChI is InChI=1S/C15H22N2O2/c1-13-7-8-17(9-14-5-3-2-4-6-14)11-15(13,19)10-16-12-18/h2-6,12-13,19H,7-11H2,1H3,(H,16,18)/t13-,15-/m1/s1. The molecule has 1 aliphatic rings. The zero-order valence-corrected chi connectivity index (χ0v) is 11.4. The van der Waals surface area contributed by atoms with E-state index >= 15 is 0 Å². The van der Waals surface area contributed by atoms with Crippen LogP contribution in [-0.4, -0.2) is 41.7 Å². The minimum atomic E-state index is -0.825. The van der Waals surface area contributed by atoms with E-state index in [0.717, 1.165) is 19.5 Å². The minimum absolute atomic E-state index is 0.201. The third-order valence-corrected chi connectivity index (χ3v) is 4.03. The molecule has 2 rings (SSSR count). The first-order chi connectivity index (χ1) is 9.14. The van der Waals surface area contributed by atoms with Crippen LogP contribution in [-0.2, 0) is 11.3 Å². The van der Waals surface area contributed by atoms with Crippen molar-refractivity contribution in [3.8, 4) is 0 Å². The van der Waals surface area contributed by atoms with Gasteiger partial charge in [0.05, 0.1) is 5.60 Å². The number of piperidine rings is 1. The maximum atomic E-state index is 10.7. The number of nitrogens with zero attached hydrogens (tertiary/aromatic N) is 1. The SMILES string of the molecule is C[C@@H]1CCN(Cc2ccccc2)C[C@]1(O)CNC=O. The van der Waals surface area contributed by atoms with Gasteiger partial charge in [0.25, 0.3) is 0 Å². The molecule has 0 aromatic heterocycles. The van der Waals surface area contributed by atoms with Crippen LogP contribution in [0.2, 0.25) is 0 Å². The van der Waals surface area contributed by atoms with Gasteiger partial charge in [-0.15, -0.1) is 0 Å². The largest absolute Gasteiger partial charge is 0.386 e. The van der Waals surface area contributed by atoms with Crippen molar-refractivity contribution in [3.63, 3.8) is 0 Å². The first-order valence-corrected chi connectivity index (χ1v) is 6.80. The van der Waals surface area contributed by atoms with E-state index < -0.39 is 5.60 Å². The Kier molecular flexibility index (Phi) is 4.56. The highest BCUT2D eigenvalue weighted by molar-refractivity contribution is 5.46. The number of aliphatic hydroxyl groups is 1. The molecule has 1 aromatic carbocycles. The highest BCUT2D eigenvalue weighted by atomic mass is 16.3. The highest BCUT2D eigenvalue weighted by Gasteiger charge is 2.38. The Morgan fingerprint density at radius 3 is 2.89 bits per heavy atom. The van der Waals surface area contributed by atoms with E-state index in [4.69, 9.17) is 0 Å². The summed E-state index contributed by atoms with van der Waals surface area (Å²) in [7, 11) is 0. The van der Waals surface area contributed by atoms with Gasteiger partial charge in [0.15, 0.2) is 0 Å². The number of likely N-dealkylation sites (tertiary alicyclic amines) is 1. The first-order valence-electron chi connectivity index (χ1n) is 6.80. The van der Waals surface area contributed by atoms with Crippen molar-refractivity contribution in [2.45, 2.75) is 25.5 Å². The minimum Gasteiger partial charge on any atom is -0.386 e. The van der Waals surface area contributed by atoms with Crippen molar-refractivity contribution in [1.82, 2.24) is 10.2 Å². The average Bonchev–Trinajstić information content (AvgIpc) is 2.42. The van der Waals surface area contributed by atoms with Crippen LogP contribution in [0.25, 0.3) is 0 Å². The van der Waals surface area contributed by atoms with E-state index in [9.17, 15) is 9.90 Å². The molecule has 104 valence electrons. The summed E-state index contributed by atoms with van der Waals surface area (Å²) in [6, 6.07) is 10.3. The molecule has 4 nitrogen and oxygen atoms in total. The lowest BCUT2D eigenvalue weighted by atomic mass is 9.82. The molecule has 0 radical (unpaired) electrons. The van der Waals surface area contributed by atoms with Crippen molar-refractivity contribution in [2.24, 2.45) is 5.92 Å². The molecule has 1 fully saturated rings. The smallest absolute Gasteiger partial charge is 0.207 e. The van der Waals surface area contributed by atoms with Gasteiger partial charge in [-0.05, 0) is 24.4 Å². The quantitative estimate of drug-likeness (QED) is 0.779. The van der Waals surface area contributed by atoms with Gasteiger partial charge in [-0.25, -0.2) is 0 Å². The Morgan fingerprint density at radius 1 is 1.47 bits per heavy atom. The molecule has 0 unspecified atom stereocenters. The number of carbonyl (C=O) groups is 1. The van der Waals surface area contributed by atoms with Crippen LogP contribution in [0.15, 0.2) is 30.3 Å². The van der Waals surface area contributed by atoms with Crippen LogP contribution in [0.3, 0.4) is 0 Å². The van der Waals surface area contributed by atoms with Crippen molar-refractivity contribution in [1.29, 1.82) is 0 Å². The predicted octanol–water partition coefficient (Wildman–Crippen LogP) is 1.01. The summed E-state index contributed by atoms with van der Waals surface area (Å²) in [5.74, 6) is 0.201. The van der Waals surface area contributed by atoms with Gasteiger partial charge >= 0.3 is 0 Å². The number of hydrogen-bond acceptors (Lipinski definition) is 3. The molecule has 1 amide bonds. The Hall–Kier alpha value is -1.39. The van der Waals surface area contributed by atoms with Crippen LogP contribution in [0.1, 0.15) is 18.9 Å². The molecule has 2 atom stereocenters. The number of carbonyl (C=O) groups excluding carboxylic acids is 1. The van der Waals surface area contributed by atoms with Gasteiger partial charge in [0.2, 0.25) is 6.41 Å². The molecule has 0 bridgehead atoms. The lowest BCUT2D eigenvalue weighted by Gasteiger charge is -2.43. The summed E-state index contributed by atoms with van der Waals surface area (Å²) in [4.78, 5) is 12.7. The number of hydrogen-bond donors (Lipinski definition) is 2. The molecule has 0 spiro atoms. The van der Waals surface area contributed by atoms with Gasteiger partial charge in [-0.3, -0.25) is 9.69 Å². The number of rotatable bonds is 5. The van der Waals surface area contributed by atoms with E-state index in [1.54, 1.807) is 0 Å². The molecule has 1 saturated heterocycles. The molecule has 4 heteroatoms. The highest BCUT2D eigenvalue weighted by Crippen LogP contribution is 2.27. The first kappa shape index (κ1) is 14.0. The maximum Gasteiger partial charge on any atom is 0.207 e. The fourth-order valence-electron chi connectivity index (χ4n) is 2.69. The van der Waals surface area contributed by atoms with E-state index in [1.807, 2.05) is 25.1 Å². The fraction of sp³-hybridized carbons (Fsp3) is 0.533. The molecule has 0 aliphatic carbocycles. The van der Waals surface area contributed by atoms with Crippen LogP contribution < -0.4 is 5.32 Å². The number of nitrogens with one attached hydrogen (secondary N) is 1. The van der Waals surface area contributed by atoms with E-state index in [1.165, 1.54) is 5.56 Å². The monoisotopic (exact) mass is 262 g/mol. The van der Waals surface area contributed by atoms with Crippen molar-refractivity contribution in [2.75, 3.05) is 19.6 Å². The summed E-state index contributed by atoms with van der Waals surface area (Å²) in [5.41, 5.74) is 0.427. The van der Waals surface area contributed by atoms with Crippen molar-refractivity contribution in [3.05, 3.63) is 35.9 Å². The lowest BCUT2D eigenvalue weighted by molar-refractivity contribution is -0.113. The summed E-state index contributed by atoms with van der Waals surface area (Å²) in [6.07, 6.45) is 1.60. The third kappa shape index (κ3) is 3.55. The molecule has 1 aromatic rings. The van der Waals surface area contributed by atoms with Crippen LogP contribution in [0.4, 0.5) is 0 Å². The number of benzene rings is 1. The summed E-state index contributed by atoms with van der Waals surface area (Å²) in [6.45, 7) is 4.80. The molecule has 1 aliphatic heterocycles. The molecule has 19 heavy (non-hydrogen) atoms. The Balaban J connectivity index is 1.98. The van der Waals surface area contributed by atoms with Gasteiger partial charge in [0, 0.05) is 19.6 Å². The second-order valence-corrected chi connectivity index (χ2v) is 5.49. The zero-order chi connectivity index (χ0) is 13.7. The zero-order valence-electron chi connectivity index (χ0n) is 11.4. The number of amides is 1. The molecular weight excluding hydrogens is 240 g/mol. The van der Waals surface area contributed by atoms with Gasteiger partial charge in [-0.1, -0.05) is 37.3 Å². The number of β-amino-alcohol motifs (C(OH)–C–C–N with tert-alkyl or cyclic N) is 1. The van der Waals surface area contributed by atoms with Gasteiger partial charge in [0.1, 0.15) is 0 Å². The van der Waals surface area contributed by atoms with E-state index in [-0.39, 0.29) is 5.92 Å². The molecular formula is C15H22N2O2. The van der Waals surface area contributed by atoms with Crippen LogP contribution >= 0.6 is 0 Å². The Morgan fingerprint density at radius 2 is 2.21 bits per heavy atom. The Labute approximate surface area is 114 Å². The predicted molar refractivity (Wildman–Crippen MR) is 74.5 cm³/mol.